The van der Waals surface area contributed by atoms with E-state index in [1.165, 1.54) is 0 Å². The Labute approximate surface area is 91.2 Å². The molecule has 0 aliphatic carbocycles. The van der Waals surface area contributed by atoms with Crippen LogP contribution in [0.4, 0.5) is 0 Å². The van der Waals surface area contributed by atoms with Crippen molar-refractivity contribution in [3.63, 3.8) is 0 Å². The Kier molecular flexibility index (Phi) is 5.45. The molecule has 0 rings (SSSR count). The lowest BCUT2D eigenvalue weighted by atomic mass is 10.1. The molecule has 1 unspecified atom stereocenters. The predicted molar refractivity (Wildman–Crippen MR) is 54.3 cm³/mol. The second kappa shape index (κ2) is 5.42. The average Bonchev–Trinajstić information content (AvgIpc) is 2.11. The molecule has 0 amide bonds. The first kappa shape index (κ1) is 15.1. The van der Waals surface area contributed by atoms with Crippen LogP contribution in [0.1, 0.15) is 6.92 Å². The number of hydrogen-bond acceptors (Lipinski definition) is 6. The smallest absolute Gasteiger partial charge is 0.365 e. The molecule has 4 atom stereocenters. The summed E-state index contributed by atoms with van der Waals surface area (Å²) in [6.45, 7) is 1.14. The molecule has 0 aliphatic heterocycles. The Morgan fingerprint density at radius 3 is 1.80 bits per heavy atom. The van der Waals surface area contributed by atoms with E-state index in [9.17, 15) is 14.8 Å². The second-order valence-electron chi connectivity index (χ2n) is 3.05. The van der Waals surface area contributed by atoms with E-state index in [1.54, 1.807) is 0 Å². The van der Waals surface area contributed by atoms with Crippen molar-refractivity contribution >= 4 is 24.4 Å². The summed E-state index contributed by atoms with van der Waals surface area (Å²) in [4.78, 5) is 17.2. The Hall–Kier alpha value is 0.0800. The van der Waals surface area contributed by atoms with Crippen molar-refractivity contribution in [3.05, 3.63) is 0 Å². The number of hydrogen-bond donors (Lipinski definition) is 6. The Morgan fingerprint density at radius 2 is 1.53 bits per heavy atom. The van der Waals surface area contributed by atoms with Crippen LogP contribution < -0.4 is 0 Å². The van der Waals surface area contributed by atoms with Crippen LogP contribution in [0.3, 0.4) is 0 Å². The summed E-state index contributed by atoms with van der Waals surface area (Å²) in [6, 6.07) is 0. The number of aliphatic hydroxyl groups excluding tert-OH is 4. The van der Waals surface area contributed by atoms with Gasteiger partial charge >= 0.3 is 7.60 Å². The number of aliphatic hydroxyl groups is 4. The molecule has 0 heterocycles. The van der Waals surface area contributed by atoms with Gasteiger partial charge in [-0.05, 0) is 6.92 Å². The van der Waals surface area contributed by atoms with Gasteiger partial charge in [-0.2, -0.15) is 0 Å². The van der Waals surface area contributed by atoms with E-state index in [4.69, 9.17) is 20.0 Å². The van der Waals surface area contributed by atoms with Crippen LogP contribution >= 0.6 is 19.8 Å². The van der Waals surface area contributed by atoms with Gasteiger partial charge in [-0.25, -0.2) is 0 Å². The van der Waals surface area contributed by atoms with Crippen LogP contribution in [0, 0.1) is 0 Å². The molecule has 7 nitrogen and oxygen atoms in total. The third-order valence-electron chi connectivity index (χ3n) is 1.71. The first-order valence-electron chi connectivity index (χ1n) is 3.91. The Balaban J connectivity index is 4.66. The maximum Gasteiger partial charge on any atom is 0.365 e. The van der Waals surface area contributed by atoms with E-state index in [0.29, 0.717) is 0 Å². The summed E-state index contributed by atoms with van der Waals surface area (Å²) in [5, 5.41) is 36.4. The van der Waals surface area contributed by atoms with Crippen molar-refractivity contribution in [2.24, 2.45) is 0 Å². The molecule has 0 aromatic carbocycles. The van der Waals surface area contributed by atoms with Gasteiger partial charge in [-0.3, -0.25) is 4.57 Å². The predicted octanol–water partition coefficient (Wildman–Crippen LogP) is -2.05. The van der Waals surface area contributed by atoms with E-state index < -0.39 is 36.6 Å². The maximum atomic E-state index is 10.6. The molecular weight excluding hydrogens is 247 g/mol. The molecule has 15 heavy (non-hydrogen) atoms. The summed E-state index contributed by atoms with van der Waals surface area (Å²) < 4.78 is 9.53. The minimum atomic E-state index is -4.81. The second-order valence-corrected chi connectivity index (χ2v) is 5.36. The molecular formula is C6H13O7PS. The zero-order valence-corrected chi connectivity index (χ0v) is 9.47. The number of rotatable bonds is 5. The molecule has 0 fully saturated rings. The van der Waals surface area contributed by atoms with Gasteiger partial charge in [-0.15, -0.1) is 0 Å². The van der Waals surface area contributed by atoms with Crippen LogP contribution in [-0.4, -0.2) is 59.2 Å². The summed E-state index contributed by atoms with van der Waals surface area (Å²) in [5.41, 5.74) is 0. The Morgan fingerprint density at radius 1 is 1.13 bits per heavy atom. The van der Waals surface area contributed by atoms with Crippen molar-refractivity contribution in [2.45, 2.75) is 31.3 Å². The molecule has 0 radical (unpaired) electrons. The van der Waals surface area contributed by atoms with Crippen LogP contribution in [-0.2, 0) is 4.57 Å². The van der Waals surface area contributed by atoms with Gasteiger partial charge in [0.25, 0.3) is 0 Å². The Bertz CT molecular complexity index is 275. The van der Waals surface area contributed by atoms with Crippen LogP contribution in [0.2, 0.25) is 0 Å². The zero-order chi connectivity index (χ0) is 12.4. The topological polar surface area (TPSA) is 138 Å². The molecule has 0 aromatic rings. The van der Waals surface area contributed by atoms with E-state index in [1.807, 2.05) is 0 Å². The molecule has 0 aromatic heterocycles. The van der Waals surface area contributed by atoms with Gasteiger partial charge in [-0.1, -0.05) is 12.2 Å². The SMILES string of the molecule is CC(O)[C@@H](O)[C@@H](O)[C@@H](O)C(=S)P(=O)(O)O. The van der Waals surface area contributed by atoms with Gasteiger partial charge in [0.15, 0.2) is 0 Å². The summed E-state index contributed by atoms with van der Waals surface area (Å²) >= 11 is 4.23. The van der Waals surface area contributed by atoms with Crippen molar-refractivity contribution in [1.29, 1.82) is 0 Å². The average molecular weight is 260 g/mol. The van der Waals surface area contributed by atoms with Crippen molar-refractivity contribution in [1.82, 2.24) is 0 Å². The van der Waals surface area contributed by atoms with Gasteiger partial charge in [0.2, 0.25) is 0 Å². The molecule has 0 saturated carbocycles. The maximum absolute atomic E-state index is 10.6. The highest BCUT2D eigenvalue weighted by Crippen LogP contribution is 2.39. The van der Waals surface area contributed by atoms with Crippen LogP contribution in [0.5, 0.6) is 0 Å². The van der Waals surface area contributed by atoms with E-state index in [-0.39, 0.29) is 0 Å². The summed E-state index contributed by atoms with van der Waals surface area (Å²) in [5.74, 6) is 0. The minimum absolute atomic E-state index is 1.07. The first-order valence-corrected chi connectivity index (χ1v) is 5.93. The van der Waals surface area contributed by atoms with Gasteiger partial charge in [0.1, 0.15) is 22.9 Å². The molecule has 0 spiro atoms. The van der Waals surface area contributed by atoms with Crippen LogP contribution in [0.25, 0.3) is 0 Å². The highest BCUT2D eigenvalue weighted by atomic mass is 32.1. The highest BCUT2D eigenvalue weighted by Gasteiger charge is 2.37. The molecule has 0 bridgehead atoms. The molecule has 90 valence electrons. The van der Waals surface area contributed by atoms with E-state index in [2.05, 4.69) is 12.2 Å². The molecule has 6 N–H and O–H groups in total. The lowest BCUT2D eigenvalue weighted by Gasteiger charge is -2.25. The summed E-state index contributed by atoms with van der Waals surface area (Å²) in [7, 11) is -4.81. The quantitative estimate of drug-likeness (QED) is 0.245. The van der Waals surface area contributed by atoms with Crippen molar-refractivity contribution in [2.75, 3.05) is 0 Å². The van der Waals surface area contributed by atoms with E-state index in [0.717, 1.165) is 6.92 Å². The molecule has 0 saturated heterocycles. The van der Waals surface area contributed by atoms with Gasteiger partial charge in [0, 0.05) is 0 Å². The molecule has 9 heteroatoms. The fraction of sp³-hybridized carbons (Fsp3) is 0.833. The minimum Gasteiger partial charge on any atom is -0.391 e. The number of thiocarbonyl (C=S) groups is 1. The van der Waals surface area contributed by atoms with Crippen LogP contribution in [0.15, 0.2) is 0 Å². The highest BCUT2D eigenvalue weighted by molar-refractivity contribution is 7.97. The van der Waals surface area contributed by atoms with E-state index >= 15 is 0 Å². The fourth-order valence-electron chi connectivity index (χ4n) is 0.791. The lowest BCUT2D eigenvalue weighted by molar-refractivity contribution is -0.0822. The normalized spacial score (nSPS) is 20.5. The van der Waals surface area contributed by atoms with Crippen molar-refractivity contribution < 1.29 is 34.8 Å². The van der Waals surface area contributed by atoms with Gasteiger partial charge in [0.05, 0.1) is 6.10 Å². The largest absolute Gasteiger partial charge is 0.391 e. The third-order valence-corrected chi connectivity index (χ3v) is 3.50. The summed E-state index contributed by atoms with van der Waals surface area (Å²) in [6.07, 6.45) is -7.14. The first-order chi connectivity index (χ1) is 6.59. The molecule has 0 aliphatic rings. The lowest BCUT2D eigenvalue weighted by Crippen LogP contribution is -2.46. The monoisotopic (exact) mass is 260 g/mol. The van der Waals surface area contributed by atoms with Gasteiger partial charge < -0.3 is 30.2 Å². The van der Waals surface area contributed by atoms with Crippen molar-refractivity contribution in [3.8, 4) is 0 Å². The fourth-order valence-corrected chi connectivity index (χ4v) is 1.43. The third kappa shape index (κ3) is 4.21. The zero-order valence-electron chi connectivity index (χ0n) is 7.76. The standard InChI is InChI=1S/C6H13O7PS/c1-2(7)3(8)4(9)5(10)6(15)14(11,12)13/h2-5,7-10H,1H3,(H2,11,12,13)/t2?,3-,4-,5-/m1/s1.